The van der Waals surface area contributed by atoms with Crippen LogP contribution in [-0.4, -0.2) is 29.4 Å². The van der Waals surface area contributed by atoms with Gasteiger partial charge in [-0.2, -0.15) is 13.2 Å². The lowest BCUT2D eigenvalue weighted by Crippen LogP contribution is -2.57. The van der Waals surface area contributed by atoms with Gasteiger partial charge < -0.3 is 5.32 Å². The van der Waals surface area contributed by atoms with Gasteiger partial charge in [-0.25, -0.2) is 0 Å². The lowest BCUT2D eigenvalue weighted by atomic mass is 9.78. The maximum atomic E-state index is 13.3. The van der Waals surface area contributed by atoms with E-state index in [-0.39, 0.29) is 5.56 Å². The molecule has 166 valence electrons. The first-order valence-corrected chi connectivity index (χ1v) is 10.6. The van der Waals surface area contributed by atoms with Crippen LogP contribution < -0.4 is 5.32 Å². The van der Waals surface area contributed by atoms with E-state index in [1.807, 2.05) is 36.4 Å². The number of rotatable bonds is 6. The number of nitrogens with zero attached hydrogens (tertiary/aromatic N) is 1. The van der Waals surface area contributed by atoms with Crippen molar-refractivity contribution in [2.24, 2.45) is 0 Å². The molecule has 3 nitrogen and oxygen atoms in total. The summed E-state index contributed by atoms with van der Waals surface area (Å²) < 4.78 is 39.8. The fourth-order valence-electron chi connectivity index (χ4n) is 4.36. The summed E-state index contributed by atoms with van der Waals surface area (Å²) in [4.78, 5) is 15.4. The van der Waals surface area contributed by atoms with Crippen LogP contribution in [0, 0.1) is 0 Å². The zero-order chi connectivity index (χ0) is 22.6. The molecule has 2 unspecified atom stereocenters. The molecule has 0 spiro atoms. The highest BCUT2D eigenvalue weighted by molar-refractivity contribution is 6.34. The third kappa shape index (κ3) is 4.96. The summed E-state index contributed by atoms with van der Waals surface area (Å²) in [5.74, 6) is -0.629. The van der Waals surface area contributed by atoms with Crippen molar-refractivity contribution in [1.29, 1.82) is 0 Å². The summed E-state index contributed by atoms with van der Waals surface area (Å²) in [6.07, 6.45) is 0.0580. The highest BCUT2D eigenvalue weighted by Gasteiger charge is 2.43. The SMILES string of the molecule is C=CCN1CCCCC1(C)C(NC(=O)c1cccc(C(F)(F)F)c1Cl)c1ccccc1. The Bertz CT molecular complexity index is 932. The van der Waals surface area contributed by atoms with Crippen LogP contribution in [0.25, 0.3) is 0 Å². The van der Waals surface area contributed by atoms with E-state index in [1.54, 1.807) is 0 Å². The monoisotopic (exact) mass is 450 g/mol. The Labute approximate surface area is 185 Å². The third-order valence-corrected chi connectivity index (χ3v) is 6.42. The van der Waals surface area contributed by atoms with Gasteiger partial charge in [-0.3, -0.25) is 9.69 Å². The summed E-state index contributed by atoms with van der Waals surface area (Å²) in [7, 11) is 0. The van der Waals surface area contributed by atoms with Crippen molar-refractivity contribution in [3.63, 3.8) is 0 Å². The fourth-order valence-corrected chi connectivity index (χ4v) is 4.68. The Kier molecular flexibility index (Phi) is 7.12. The van der Waals surface area contributed by atoms with Crippen LogP contribution in [0.15, 0.2) is 61.2 Å². The second-order valence-electron chi connectivity index (χ2n) is 8.03. The number of amides is 1. The summed E-state index contributed by atoms with van der Waals surface area (Å²) in [5.41, 5.74) is -0.753. The van der Waals surface area contributed by atoms with Gasteiger partial charge in [0.05, 0.1) is 22.2 Å². The molecule has 1 fully saturated rings. The van der Waals surface area contributed by atoms with Crippen molar-refractivity contribution in [2.75, 3.05) is 13.1 Å². The average molecular weight is 451 g/mol. The summed E-state index contributed by atoms with van der Waals surface area (Å²) in [6, 6.07) is 12.5. The number of hydrogen-bond donors (Lipinski definition) is 1. The molecule has 7 heteroatoms. The van der Waals surface area contributed by atoms with Gasteiger partial charge >= 0.3 is 6.18 Å². The minimum absolute atomic E-state index is 0.188. The van der Waals surface area contributed by atoms with Crippen LogP contribution in [0.2, 0.25) is 5.02 Å². The third-order valence-electron chi connectivity index (χ3n) is 6.01. The normalized spacial score (nSPS) is 20.8. The molecular weight excluding hydrogens is 425 g/mol. The predicted octanol–water partition coefficient (Wildman–Crippen LogP) is 6.26. The van der Waals surface area contributed by atoms with E-state index in [0.717, 1.165) is 37.4 Å². The van der Waals surface area contributed by atoms with Gasteiger partial charge in [-0.05, 0) is 44.0 Å². The highest BCUT2D eigenvalue weighted by Crippen LogP contribution is 2.40. The quantitative estimate of drug-likeness (QED) is 0.527. The molecule has 1 aliphatic heterocycles. The average Bonchev–Trinajstić information content (AvgIpc) is 2.73. The number of likely N-dealkylation sites (tertiary alicyclic amines) is 1. The van der Waals surface area contributed by atoms with Crippen LogP contribution >= 0.6 is 11.6 Å². The molecule has 2 aromatic carbocycles. The molecule has 0 aliphatic carbocycles. The second kappa shape index (κ2) is 9.45. The molecule has 1 amide bonds. The molecule has 1 heterocycles. The molecule has 1 aliphatic rings. The number of alkyl halides is 3. The first kappa shape index (κ1) is 23.4. The topological polar surface area (TPSA) is 32.3 Å². The van der Waals surface area contributed by atoms with Gasteiger partial charge in [0.25, 0.3) is 5.91 Å². The van der Waals surface area contributed by atoms with E-state index >= 15 is 0 Å². The molecule has 0 saturated carbocycles. The van der Waals surface area contributed by atoms with Crippen molar-refractivity contribution < 1.29 is 18.0 Å². The van der Waals surface area contributed by atoms with Crippen LogP contribution in [0.1, 0.15) is 53.7 Å². The van der Waals surface area contributed by atoms with Gasteiger partial charge in [0.15, 0.2) is 0 Å². The van der Waals surface area contributed by atoms with Gasteiger partial charge in [0.1, 0.15) is 0 Å². The number of benzene rings is 2. The first-order chi connectivity index (χ1) is 14.7. The zero-order valence-electron chi connectivity index (χ0n) is 17.4. The molecule has 2 aromatic rings. The van der Waals surface area contributed by atoms with Crippen molar-refractivity contribution in [3.05, 3.63) is 82.9 Å². The van der Waals surface area contributed by atoms with Crippen LogP contribution in [-0.2, 0) is 6.18 Å². The molecule has 0 bridgehead atoms. The van der Waals surface area contributed by atoms with E-state index < -0.39 is 34.3 Å². The Hall–Kier alpha value is -2.31. The van der Waals surface area contributed by atoms with E-state index in [1.165, 1.54) is 12.1 Å². The standard InChI is InChI=1S/C24H26ClF3N2O/c1-3-15-30-16-8-7-14-23(30,2)21(17-10-5-4-6-11-17)29-22(31)18-12-9-13-19(20(18)25)24(26,27)28/h3-6,9-13,21H,1,7-8,14-16H2,2H3,(H,29,31). The Morgan fingerprint density at radius 2 is 1.94 bits per heavy atom. The maximum absolute atomic E-state index is 13.3. The van der Waals surface area contributed by atoms with Crippen molar-refractivity contribution in [1.82, 2.24) is 10.2 Å². The van der Waals surface area contributed by atoms with E-state index in [2.05, 4.69) is 23.7 Å². The van der Waals surface area contributed by atoms with E-state index in [0.29, 0.717) is 6.54 Å². The Morgan fingerprint density at radius 1 is 1.23 bits per heavy atom. The number of carbonyl (C=O) groups is 1. The summed E-state index contributed by atoms with van der Waals surface area (Å²) >= 11 is 6.01. The molecule has 3 rings (SSSR count). The predicted molar refractivity (Wildman–Crippen MR) is 117 cm³/mol. The Morgan fingerprint density at radius 3 is 2.58 bits per heavy atom. The van der Waals surface area contributed by atoms with Crippen molar-refractivity contribution in [2.45, 2.75) is 43.9 Å². The lowest BCUT2D eigenvalue weighted by molar-refractivity contribution is -0.137. The molecule has 1 N–H and O–H groups in total. The molecular formula is C24H26ClF3N2O. The maximum Gasteiger partial charge on any atom is 0.417 e. The van der Waals surface area contributed by atoms with E-state index in [4.69, 9.17) is 11.6 Å². The van der Waals surface area contributed by atoms with Crippen LogP contribution in [0.4, 0.5) is 13.2 Å². The second-order valence-corrected chi connectivity index (χ2v) is 8.41. The minimum atomic E-state index is -4.64. The first-order valence-electron chi connectivity index (χ1n) is 10.3. The van der Waals surface area contributed by atoms with Crippen molar-refractivity contribution in [3.8, 4) is 0 Å². The highest BCUT2D eigenvalue weighted by atomic mass is 35.5. The van der Waals surface area contributed by atoms with Crippen LogP contribution in [0.3, 0.4) is 0 Å². The minimum Gasteiger partial charge on any atom is -0.343 e. The number of piperidine rings is 1. The van der Waals surface area contributed by atoms with Gasteiger partial charge in [-0.15, -0.1) is 6.58 Å². The molecule has 31 heavy (non-hydrogen) atoms. The Balaban J connectivity index is 2.01. The van der Waals surface area contributed by atoms with Gasteiger partial charge in [-0.1, -0.05) is 60.5 Å². The largest absolute Gasteiger partial charge is 0.417 e. The fraction of sp³-hybridized carbons (Fsp3) is 0.375. The van der Waals surface area contributed by atoms with Crippen LogP contribution in [0.5, 0.6) is 0 Å². The summed E-state index contributed by atoms with van der Waals surface area (Å²) in [5, 5.41) is 2.41. The van der Waals surface area contributed by atoms with Gasteiger partial charge in [0, 0.05) is 12.1 Å². The number of halogens is 4. The molecule has 0 radical (unpaired) electrons. The lowest BCUT2D eigenvalue weighted by Gasteiger charge is -2.49. The van der Waals surface area contributed by atoms with Gasteiger partial charge in [0.2, 0.25) is 0 Å². The molecule has 0 aromatic heterocycles. The number of carbonyl (C=O) groups excluding carboxylic acids is 1. The van der Waals surface area contributed by atoms with E-state index in [9.17, 15) is 18.0 Å². The molecule has 2 atom stereocenters. The summed E-state index contributed by atoms with van der Waals surface area (Å²) in [6.45, 7) is 7.44. The smallest absolute Gasteiger partial charge is 0.343 e. The number of hydrogen-bond acceptors (Lipinski definition) is 2. The van der Waals surface area contributed by atoms with Crippen molar-refractivity contribution >= 4 is 17.5 Å². The number of nitrogens with one attached hydrogen (secondary N) is 1. The zero-order valence-corrected chi connectivity index (χ0v) is 18.1. The molecule has 1 saturated heterocycles.